The van der Waals surface area contributed by atoms with Gasteiger partial charge in [-0.1, -0.05) is 33.9 Å². The molecule has 0 heterocycles. The highest BCUT2D eigenvalue weighted by molar-refractivity contribution is 9.12. The lowest BCUT2D eigenvalue weighted by molar-refractivity contribution is -0.113. The van der Waals surface area contributed by atoms with E-state index < -0.39 is 5.62 Å². The SMILES string of the molecule is C=C(Br)CSP(=S)(OCC)N(C)C=O. The molecule has 1 atom stereocenters. The van der Waals surface area contributed by atoms with Gasteiger partial charge < -0.3 is 4.52 Å². The Balaban J connectivity index is 4.46. The number of carbonyl (C=O) groups is 1. The molecule has 82 valence electrons. The first kappa shape index (κ1) is 14.6. The van der Waals surface area contributed by atoms with E-state index in [0.717, 1.165) is 4.48 Å². The summed E-state index contributed by atoms with van der Waals surface area (Å²) >= 11 is 10.0. The van der Waals surface area contributed by atoms with Crippen molar-refractivity contribution in [3.63, 3.8) is 0 Å². The van der Waals surface area contributed by atoms with Gasteiger partial charge in [-0.15, -0.1) is 0 Å². The second-order valence-corrected chi connectivity index (χ2v) is 10.3. The monoisotopic (exact) mass is 317 g/mol. The molecule has 14 heavy (non-hydrogen) atoms. The van der Waals surface area contributed by atoms with E-state index in [1.165, 1.54) is 16.1 Å². The lowest BCUT2D eigenvalue weighted by atomic mass is 10.8. The third-order valence-corrected chi connectivity index (χ3v) is 8.62. The molecule has 0 bridgehead atoms. The molecule has 0 spiro atoms. The van der Waals surface area contributed by atoms with Crippen LogP contribution in [0.25, 0.3) is 0 Å². The largest absolute Gasteiger partial charge is 0.327 e. The predicted octanol–water partition coefficient (Wildman–Crippen LogP) is 2.98. The molecule has 0 aromatic rings. The van der Waals surface area contributed by atoms with E-state index in [-0.39, 0.29) is 0 Å². The maximum absolute atomic E-state index is 10.6. The molecule has 0 fully saturated rings. The van der Waals surface area contributed by atoms with Crippen molar-refractivity contribution in [3.8, 4) is 0 Å². The maximum atomic E-state index is 10.6. The van der Waals surface area contributed by atoms with Gasteiger partial charge in [-0.3, -0.25) is 9.46 Å². The second kappa shape index (κ2) is 7.01. The Labute approximate surface area is 102 Å². The lowest BCUT2D eigenvalue weighted by Crippen LogP contribution is -2.12. The van der Waals surface area contributed by atoms with Gasteiger partial charge in [-0.05, 0) is 23.2 Å². The van der Waals surface area contributed by atoms with Crippen molar-refractivity contribution in [2.24, 2.45) is 0 Å². The van der Waals surface area contributed by atoms with Gasteiger partial charge in [0.05, 0.1) is 6.61 Å². The fourth-order valence-electron chi connectivity index (χ4n) is 0.592. The first-order chi connectivity index (χ1) is 6.46. The van der Waals surface area contributed by atoms with Gasteiger partial charge in [-0.2, -0.15) is 0 Å². The van der Waals surface area contributed by atoms with Crippen molar-refractivity contribution in [1.82, 2.24) is 4.67 Å². The molecule has 0 aliphatic carbocycles. The Morgan fingerprint density at radius 3 is 2.79 bits per heavy atom. The Morgan fingerprint density at radius 1 is 1.86 bits per heavy atom. The van der Waals surface area contributed by atoms with Gasteiger partial charge in [-0.25, -0.2) is 0 Å². The van der Waals surface area contributed by atoms with Crippen LogP contribution >= 0.6 is 32.9 Å². The van der Waals surface area contributed by atoms with Crippen molar-refractivity contribution in [2.45, 2.75) is 6.92 Å². The fraction of sp³-hybridized carbons (Fsp3) is 0.571. The van der Waals surface area contributed by atoms with Crippen LogP contribution < -0.4 is 0 Å². The minimum Gasteiger partial charge on any atom is -0.327 e. The van der Waals surface area contributed by atoms with Gasteiger partial charge >= 0.3 is 0 Å². The van der Waals surface area contributed by atoms with Gasteiger partial charge in [0.2, 0.25) is 12.0 Å². The molecule has 1 amide bonds. The molecule has 0 aliphatic heterocycles. The smallest absolute Gasteiger partial charge is 0.215 e. The van der Waals surface area contributed by atoms with E-state index in [9.17, 15) is 4.79 Å². The molecular weight excluding hydrogens is 305 g/mol. The van der Waals surface area contributed by atoms with Crippen LogP contribution in [0.3, 0.4) is 0 Å². The number of nitrogens with zero attached hydrogens (tertiary/aromatic N) is 1. The molecule has 0 aromatic carbocycles. The van der Waals surface area contributed by atoms with Crippen LogP contribution in [0.5, 0.6) is 0 Å². The predicted molar refractivity (Wildman–Crippen MR) is 70.3 cm³/mol. The van der Waals surface area contributed by atoms with Crippen molar-refractivity contribution >= 4 is 51.1 Å². The molecule has 7 heteroatoms. The highest BCUT2D eigenvalue weighted by atomic mass is 79.9. The molecule has 3 nitrogen and oxygen atoms in total. The number of carbonyl (C=O) groups excluding carboxylic acids is 1. The fourth-order valence-corrected chi connectivity index (χ4v) is 5.71. The van der Waals surface area contributed by atoms with E-state index >= 15 is 0 Å². The summed E-state index contributed by atoms with van der Waals surface area (Å²) in [5.41, 5.74) is -2.24. The summed E-state index contributed by atoms with van der Waals surface area (Å²) in [6.45, 7) is 6.08. The summed E-state index contributed by atoms with van der Waals surface area (Å²) in [5, 5.41) is 0. The molecule has 0 saturated heterocycles. The highest BCUT2D eigenvalue weighted by Crippen LogP contribution is 2.61. The minimum atomic E-state index is -2.24. The third-order valence-electron chi connectivity index (χ3n) is 1.22. The zero-order chi connectivity index (χ0) is 11.2. The lowest BCUT2D eigenvalue weighted by Gasteiger charge is -2.27. The maximum Gasteiger partial charge on any atom is 0.215 e. The third kappa shape index (κ3) is 4.94. The first-order valence-electron chi connectivity index (χ1n) is 3.87. The molecular formula is C7H13BrNO2PS2. The number of amides is 1. The van der Waals surface area contributed by atoms with Crippen molar-refractivity contribution in [3.05, 3.63) is 11.1 Å². The van der Waals surface area contributed by atoms with Crippen LogP contribution in [0, 0.1) is 0 Å². The van der Waals surface area contributed by atoms with Crippen LogP contribution in [0.2, 0.25) is 0 Å². The molecule has 0 N–H and O–H groups in total. The van der Waals surface area contributed by atoms with Crippen molar-refractivity contribution < 1.29 is 9.32 Å². The zero-order valence-electron chi connectivity index (χ0n) is 8.10. The van der Waals surface area contributed by atoms with E-state index in [0.29, 0.717) is 18.8 Å². The molecule has 0 radical (unpaired) electrons. The average molecular weight is 318 g/mol. The van der Waals surface area contributed by atoms with Crippen LogP contribution in [-0.2, 0) is 21.1 Å². The molecule has 0 aromatic heterocycles. The topological polar surface area (TPSA) is 29.5 Å². The Hall–Kier alpha value is 0.650. The second-order valence-electron chi connectivity index (χ2n) is 2.36. The van der Waals surface area contributed by atoms with E-state index in [4.69, 9.17) is 16.3 Å². The number of hydrogen-bond donors (Lipinski definition) is 0. The summed E-state index contributed by atoms with van der Waals surface area (Å²) in [6, 6.07) is 0. The summed E-state index contributed by atoms with van der Waals surface area (Å²) in [4.78, 5) is 10.6. The molecule has 0 saturated carbocycles. The van der Waals surface area contributed by atoms with Crippen molar-refractivity contribution in [2.75, 3.05) is 19.4 Å². The summed E-state index contributed by atoms with van der Waals surface area (Å²) in [6.07, 6.45) is 0.709. The van der Waals surface area contributed by atoms with Crippen LogP contribution in [-0.4, -0.2) is 30.5 Å². The standard InChI is InChI=1S/C7H13BrNO2PS2/c1-4-11-12(13,9(3)6-10)14-5-7(2)8/h6H,2,4-5H2,1,3H3. The van der Waals surface area contributed by atoms with E-state index in [1.807, 2.05) is 6.92 Å². The highest BCUT2D eigenvalue weighted by Gasteiger charge is 2.23. The first-order valence-corrected chi connectivity index (χ1v) is 8.93. The number of rotatable bonds is 7. The molecule has 1 unspecified atom stereocenters. The number of hydrogen-bond acceptors (Lipinski definition) is 4. The van der Waals surface area contributed by atoms with Gasteiger partial charge in [0.15, 0.2) is 0 Å². The number of halogens is 1. The summed E-state index contributed by atoms with van der Waals surface area (Å²) < 4.78 is 7.73. The van der Waals surface area contributed by atoms with Crippen LogP contribution in [0.15, 0.2) is 11.1 Å². The minimum absolute atomic E-state index is 0.511. The van der Waals surface area contributed by atoms with Gasteiger partial charge in [0.25, 0.3) is 0 Å². The normalized spacial score (nSPS) is 14.5. The van der Waals surface area contributed by atoms with Crippen LogP contribution in [0.4, 0.5) is 0 Å². The quantitative estimate of drug-likeness (QED) is 0.533. The van der Waals surface area contributed by atoms with Gasteiger partial charge in [0.1, 0.15) is 0 Å². The van der Waals surface area contributed by atoms with Crippen LogP contribution in [0.1, 0.15) is 6.92 Å². The summed E-state index contributed by atoms with van der Waals surface area (Å²) in [7, 11) is 1.65. The molecule has 0 aliphatic rings. The van der Waals surface area contributed by atoms with E-state index in [2.05, 4.69) is 22.5 Å². The Kier molecular flexibility index (Phi) is 7.34. The van der Waals surface area contributed by atoms with Gasteiger partial charge in [0, 0.05) is 12.8 Å². The average Bonchev–Trinajstić information content (AvgIpc) is 2.14. The van der Waals surface area contributed by atoms with E-state index in [1.54, 1.807) is 7.05 Å². The summed E-state index contributed by atoms with van der Waals surface area (Å²) in [5.74, 6) is 0.648. The van der Waals surface area contributed by atoms with Crippen molar-refractivity contribution in [1.29, 1.82) is 0 Å². The Morgan fingerprint density at radius 2 is 2.43 bits per heavy atom. The molecule has 0 rings (SSSR count). The Bertz CT molecular complexity index is 262. The zero-order valence-corrected chi connectivity index (χ0v) is 12.2.